The normalized spacial score (nSPS) is 12.2. The van der Waals surface area contributed by atoms with Gasteiger partial charge in [-0.3, -0.25) is 0 Å². The lowest BCUT2D eigenvalue weighted by molar-refractivity contribution is 0.124. The minimum Gasteiger partial charge on any atom is -0.497 e. The van der Waals surface area contributed by atoms with E-state index in [0.29, 0.717) is 13.2 Å². The van der Waals surface area contributed by atoms with Crippen LogP contribution in [-0.4, -0.2) is 47.6 Å². The van der Waals surface area contributed by atoms with Crippen molar-refractivity contribution in [2.75, 3.05) is 27.4 Å². The number of methoxy groups -OCH3 is 2. The molecule has 7 heteroatoms. The van der Waals surface area contributed by atoms with Crippen molar-refractivity contribution < 1.29 is 14.2 Å². The maximum absolute atomic E-state index is 5.83. The summed E-state index contributed by atoms with van der Waals surface area (Å²) < 4.78 is 18.2. The van der Waals surface area contributed by atoms with E-state index in [9.17, 15) is 0 Å². The molecule has 0 spiro atoms. The Balaban J connectivity index is 2.09. The summed E-state index contributed by atoms with van der Waals surface area (Å²) in [5, 5.41) is 12.2. The van der Waals surface area contributed by atoms with Gasteiger partial charge in [-0.2, -0.15) is 0 Å². The molecule has 1 heterocycles. The second-order valence-electron chi connectivity index (χ2n) is 6.45. The van der Waals surface area contributed by atoms with Gasteiger partial charge in [0.05, 0.1) is 26.7 Å². The zero-order valence-corrected chi connectivity index (χ0v) is 16.7. The first-order chi connectivity index (χ1) is 13.7. The number of ether oxygens (including phenoxy) is 3. The van der Waals surface area contributed by atoms with Crippen LogP contribution in [0.5, 0.6) is 11.5 Å². The Morgan fingerprint density at radius 1 is 0.893 bits per heavy atom. The molecule has 1 atom stereocenters. The monoisotopic (exact) mass is 382 g/mol. The number of benzene rings is 2. The van der Waals surface area contributed by atoms with Crippen molar-refractivity contribution >= 4 is 0 Å². The zero-order chi connectivity index (χ0) is 19.9. The third kappa shape index (κ3) is 4.31. The van der Waals surface area contributed by atoms with Gasteiger partial charge in [0.25, 0.3) is 0 Å². The van der Waals surface area contributed by atoms with Crippen LogP contribution < -0.4 is 9.47 Å². The van der Waals surface area contributed by atoms with Crippen molar-refractivity contribution in [1.82, 2.24) is 20.2 Å². The molecular weight excluding hydrogens is 356 g/mol. The average Bonchev–Trinajstić information content (AvgIpc) is 3.17. The van der Waals surface area contributed by atoms with Gasteiger partial charge in [-0.25, -0.2) is 4.68 Å². The van der Waals surface area contributed by atoms with Crippen LogP contribution in [0.1, 0.15) is 35.7 Å². The topological polar surface area (TPSA) is 71.3 Å². The molecule has 0 saturated heterocycles. The Kier molecular flexibility index (Phi) is 6.60. The van der Waals surface area contributed by atoms with Gasteiger partial charge in [0, 0.05) is 19.6 Å². The van der Waals surface area contributed by atoms with Crippen LogP contribution in [0.2, 0.25) is 0 Å². The van der Waals surface area contributed by atoms with Crippen LogP contribution in [-0.2, 0) is 11.8 Å². The molecule has 2 aromatic carbocycles. The van der Waals surface area contributed by atoms with Crippen molar-refractivity contribution in [3.05, 3.63) is 65.5 Å². The maximum Gasteiger partial charge on any atom is 0.157 e. The minimum atomic E-state index is -0.0539. The van der Waals surface area contributed by atoms with Crippen molar-refractivity contribution in [3.8, 4) is 11.5 Å². The smallest absolute Gasteiger partial charge is 0.157 e. The quantitative estimate of drug-likeness (QED) is 0.566. The van der Waals surface area contributed by atoms with Gasteiger partial charge in [-0.05, 0) is 52.7 Å². The molecule has 0 bridgehead atoms. The lowest BCUT2D eigenvalue weighted by atomic mass is 9.80. The zero-order valence-electron chi connectivity index (χ0n) is 16.7. The highest BCUT2D eigenvalue weighted by molar-refractivity contribution is 5.40. The molecule has 0 amide bonds. The summed E-state index contributed by atoms with van der Waals surface area (Å²) in [4.78, 5) is 0. The molecule has 1 unspecified atom stereocenters. The molecule has 3 aromatic rings. The van der Waals surface area contributed by atoms with Crippen molar-refractivity contribution in [3.63, 3.8) is 0 Å². The van der Waals surface area contributed by atoms with Crippen LogP contribution in [0.3, 0.4) is 0 Å². The standard InChI is InChI=1S/C21H26N4O3/c1-5-28-14-19(21-22-23-24-25(21)2)20(15-6-10-17(26-3)11-7-15)16-8-12-18(27-4)13-9-16/h6-13,19-20H,5,14H2,1-4H3. The Labute approximate surface area is 165 Å². The molecule has 148 valence electrons. The first-order valence-corrected chi connectivity index (χ1v) is 9.25. The fourth-order valence-electron chi connectivity index (χ4n) is 3.39. The fourth-order valence-corrected chi connectivity index (χ4v) is 3.39. The van der Waals surface area contributed by atoms with E-state index in [0.717, 1.165) is 28.5 Å². The van der Waals surface area contributed by atoms with Crippen LogP contribution >= 0.6 is 0 Å². The fraction of sp³-hybridized carbons (Fsp3) is 0.381. The molecular formula is C21H26N4O3. The van der Waals surface area contributed by atoms with Gasteiger partial charge < -0.3 is 14.2 Å². The number of hydrogen-bond donors (Lipinski definition) is 0. The molecule has 0 radical (unpaired) electrons. The number of nitrogens with zero attached hydrogens (tertiary/aromatic N) is 4. The van der Waals surface area contributed by atoms with Gasteiger partial charge in [0.1, 0.15) is 11.5 Å². The van der Waals surface area contributed by atoms with E-state index in [-0.39, 0.29) is 11.8 Å². The molecule has 0 aliphatic carbocycles. The Morgan fingerprint density at radius 3 is 1.82 bits per heavy atom. The first-order valence-electron chi connectivity index (χ1n) is 9.25. The summed E-state index contributed by atoms with van der Waals surface area (Å²) >= 11 is 0. The molecule has 28 heavy (non-hydrogen) atoms. The lowest BCUT2D eigenvalue weighted by Crippen LogP contribution is -2.22. The largest absolute Gasteiger partial charge is 0.497 e. The molecule has 1 aromatic heterocycles. The predicted octanol–water partition coefficient (Wildman–Crippen LogP) is 3.18. The van der Waals surface area contributed by atoms with Crippen LogP contribution in [0.25, 0.3) is 0 Å². The average molecular weight is 382 g/mol. The number of rotatable bonds is 9. The molecule has 0 N–H and O–H groups in total. The summed E-state index contributed by atoms with van der Waals surface area (Å²) in [6.07, 6.45) is 0. The van der Waals surface area contributed by atoms with Gasteiger partial charge in [0.2, 0.25) is 0 Å². The third-order valence-electron chi connectivity index (χ3n) is 4.84. The molecule has 0 saturated carbocycles. The van der Waals surface area contributed by atoms with Gasteiger partial charge in [0.15, 0.2) is 5.82 Å². The predicted molar refractivity (Wildman–Crippen MR) is 106 cm³/mol. The summed E-state index contributed by atoms with van der Waals surface area (Å²) in [6.45, 7) is 3.12. The lowest BCUT2D eigenvalue weighted by Gasteiger charge is -2.27. The van der Waals surface area contributed by atoms with Crippen molar-refractivity contribution in [2.24, 2.45) is 7.05 Å². The minimum absolute atomic E-state index is 0.00747. The first kappa shape index (κ1) is 19.8. The Bertz CT molecular complexity index is 815. The molecule has 7 nitrogen and oxygen atoms in total. The van der Waals surface area contributed by atoms with Crippen LogP contribution in [0.4, 0.5) is 0 Å². The highest BCUT2D eigenvalue weighted by Crippen LogP contribution is 2.39. The van der Waals surface area contributed by atoms with E-state index in [2.05, 4.69) is 39.8 Å². The Hall–Kier alpha value is -2.93. The van der Waals surface area contributed by atoms with Crippen molar-refractivity contribution in [1.29, 1.82) is 0 Å². The van der Waals surface area contributed by atoms with E-state index in [1.54, 1.807) is 18.9 Å². The van der Waals surface area contributed by atoms with Gasteiger partial charge in [-0.15, -0.1) is 5.10 Å². The van der Waals surface area contributed by atoms with E-state index >= 15 is 0 Å². The van der Waals surface area contributed by atoms with E-state index in [1.807, 2.05) is 38.2 Å². The number of hydrogen-bond acceptors (Lipinski definition) is 6. The SMILES string of the molecule is CCOCC(c1nnnn1C)C(c1ccc(OC)cc1)c1ccc(OC)cc1. The van der Waals surface area contributed by atoms with Crippen LogP contribution in [0, 0.1) is 0 Å². The van der Waals surface area contributed by atoms with Crippen LogP contribution in [0.15, 0.2) is 48.5 Å². The van der Waals surface area contributed by atoms with E-state index in [1.165, 1.54) is 0 Å². The van der Waals surface area contributed by atoms with E-state index in [4.69, 9.17) is 14.2 Å². The molecule has 0 fully saturated rings. The molecule has 0 aliphatic rings. The second-order valence-corrected chi connectivity index (χ2v) is 6.45. The molecule has 0 aliphatic heterocycles. The van der Waals surface area contributed by atoms with Crippen molar-refractivity contribution in [2.45, 2.75) is 18.8 Å². The number of aromatic nitrogens is 4. The van der Waals surface area contributed by atoms with E-state index < -0.39 is 0 Å². The third-order valence-corrected chi connectivity index (χ3v) is 4.84. The maximum atomic E-state index is 5.83. The number of aryl methyl sites for hydroxylation is 1. The molecule has 3 rings (SSSR count). The summed E-state index contributed by atoms with van der Waals surface area (Å²) in [5.41, 5.74) is 2.28. The summed E-state index contributed by atoms with van der Waals surface area (Å²) in [5.74, 6) is 2.37. The summed E-state index contributed by atoms with van der Waals surface area (Å²) in [7, 11) is 5.19. The summed E-state index contributed by atoms with van der Waals surface area (Å²) in [6, 6.07) is 16.2. The number of tetrazole rings is 1. The van der Waals surface area contributed by atoms with Gasteiger partial charge in [-0.1, -0.05) is 24.3 Å². The highest BCUT2D eigenvalue weighted by atomic mass is 16.5. The second kappa shape index (κ2) is 9.32. The van der Waals surface area contributed by atoms with Gasteiger partial charge >= 0.3 is 0 Å². The highest BCUT2D eigenvalue weighted by Gasteiger charge is 2.30. The Morgan fingerprint density at radius 2 is 1.43 bits per heavy atom.